The second-order valence-electron chi connectivity index (χ2n) is 8.92. The molecule has 1 saturated heterocycles. The quantitative estimate of drug-likeness (QED) is 0.277. The highest BCUT2D eigenvalue weighted by Gasteiger charge is 2.46. The minimum atomic E-state index is -0.888. The highest BCUT2D eigenvalue weighted by atomic mass is 32.2. The molecule has 1 heterocycles. The van der Waals surface area contributed by atoms with Crippen LogP contribution in [-0.2, 0) is 41.6 Å². The summed E-state index contributed by atoms with van der Waals surface area (Å²) >= 11 is 2.62. The molecule has 0 radical (unpaired) electrons. The number of amides is 1. The van der Waals surface area contributed by atoms with Crippen molar-refractivity contribution in [3.8, 4) is 0 Å². The van der Waals surface area contributed by atoms with Crippen molar-refractivity contribution in [2.75, 3.05) is 14.2 Å². The summed E-state index contributed by atoms with van der Waals surface area (Å²) in [7, 11) is 2.57. The molecule has 1 N–H and O–H groups in total. The van der Waals surface area contributed by atoms with Gasteiger partial charge in [0.2, 0.25) is 0 Å². The van der Waals surface area contributed by atoms with Crippen LogP contribution in [0.15, 0.2) is 84.9 Å². The molecule has 0 saturated carbocycles. The molecular formula is C30H29NO7S2. The molecule has 3 unspecified atom stereocenters. The first kappa shape index (κ1) is 29.2. The fraction of sp³-hybridized carbons (Fsp3) is 0.267. The van der Waals surface area contributed by atoms with Crippen molar-refractivity contribution in [1.82, 2.24) is 5.32 Å². The average Bonchev–Trinajstić information content (AvgIpc) is 3.45. The summed E-state index contributed by atoms with van der Waals surface area (Å²) < 4.78 is 15.0. The minimum Gasteiger partial charge on any atom is -0.468 e. The summed E-state index contributed by atoms with van der Waals surface area (Å²) in [6, 6.07) is 24.7. The molecule has 1 fully saturated rings. The zero-order chi connectivity index (χ0) is 28.5. The van der Waals surface area contributed by atoms with Crippen LogP contribution >= 0.6 is 23.5 Å². The Morgan fingerprint density at radius 2 is 1.27 bits per heavy atom. The summed E-state index contributed by atoms with van der Waals surface area (Å²) in [6.45, 7) is 0.103. The number of methoxy groups -OCH3 is 2. The number of rotatable bonds is 10. The molecule has 3 atom stereocenters. The number of ether oxygens (including phenoxy) is 3. The predicted molar refractivity (Wildman–Crippen MR) is 154 cm³/mol. The lowest BCUT2D eigenvalue weighted by Crippen LogP contribution is -2.43. The fourth-order valence-corrected chi connectivity index (χ4v) is 7.54. The van der Waals surface area contributed by atoms with Gasteiger partial charge in [-0.15, -0.1) is 23.5 Å². The maximum Gasteiger partial charge on any atom is 0.329 e. The van der Waals surface area contributed by atoms with E-state index in [4.69, 9.17) is 14.2 Å². The number of benzene rings is 3. The summed E-state index contributed by atoms with van der Waals surface area (Å²) in [5.41, 5.74) is 2.92. The summed E-state index contributed by atoms with van der Waals surface area (Å²) in [5.74, 6) is -1.93. The zero-order valence-corrected chi connectivity index (χ0v) is 23.6. The molecule has 1 amide bonds. The van der Waals surface area contributed by atoms with Crippen molar-refractivity contribution < 1.29 is 33.4 Å². The van der Waals surface area contributed by atoms with E-state index < -0.39 is 40.4 Å². The molecule has 8 nitrogen and oxygen atoms in total. The lowest BCUT2D eigenvalue weighted by atomic mass is 10.0. The highest BCUT2D eigenvalue weighted by Crippen LogP contribution is 2.54. The number of carbonyl (C=O) groups excluding carboxylic acids is 4. The third-order valence-corrected chi connectivity index (χ3v) is 9.62. The Balaban J connectivity index is 1.44. The van der Waals surface area contributed by atoms with Crippen molar-refractivity contribution in [2.45, 2.75) is 34.2 Å². The number of thioether (sulfide) groups is 2. The number of carbonyl (C=O) groups is 4. The van der Waals surface area contributed by atoms with Crippen LogP contribution in [0.3, 0.4) is 0 Å². The molecule has 3 aromatic carbocycles. The molecule has 0 aromatic heterocycles. The van der Waals surface area contributed by atoms with Crippen molar-refractivity contribution >= 4 is 47.3 Å². The first-order chi connectivity index (χ1) is 19.4. The molecule has 0 aliphatic carbocycles. The van der Waals surface area contributed by atoms with Crippen LogP contribution in [0.4, 0.5) is 0 Å². The Morgan fingerprint density at radius 1 is 0.750 bits per heavy atom. The van der Waals surface area contributed by atoms with Gasteiger partial charge in [0.15, 0.2) is 0 Å². The van der Waals surface area contributed by atoms with Crippen LogP contribution < -0.4 is 5.32 Å². The molecule has 208 valence electrons. The van der Waals surface area contributed by atoms with Gasteiger partial charge in [-0.25, -0.2) is 4.79 Å². The van der Waals surface area contributed by atoms with E-state index in [1.165, 1.54) is 37.7 Å². The van der Waals surface area contributed by atoms with Gasteiger partial charge >= 0.3 is 17.9 Å². The van der Waals surface area contributed by atoms with Crippen LogP contribution in [0.5, 0.6) is 0 Å². The van der Waals surface area contributed by atoms with E-state index in [9.17, 15) is 19.2 Å². The van der Waals surface area contributed by atoms with Crippen LogP contribution in [0.1, 0.15) is 31.6 Å². The third-order valence-electron chi connectivity index (χ3n) is 6.22. The van der Waals surface area contributed by atoms with Gasteiger partial charge in [0.25, 0.3) is 5.91 Å². The molecule has 3 aromatic rings. The lowest BCUT2D eigenvalue weighted by Gasteiger charge is -2.18. The van der Waals surface area contributed by atoms with Gasteiger partial charge in [-0.1, -0.05) is 72.8 Å². The Hall–Kier alpha value is -3.76. The van der Waals surface area contributed by atoms with Gasteiger partial charge in [-0.2, -0.15) is 0 Å². The number of esters is 3. The predicted octanol–water partition coefficient (Wildman–Crippen LogP) is 4.33. The minimum absolute atomic E-state index is 0.103. The Labute approximate surface area is 241 Å². The van der Waals surface area contributed by atoms with Crippen LogP contribution in [0.2, 0.25) is 0 Å². The van der Waals surface area contributed by atoms with E-state index in [1.54, 1.807) is 24.3 Å². The Morgan fingerprint density at radius 3 is 1.80 bits per heavy atom. The van der Waals surface area contributed by atoms with E-state index in [0.29, 0.717) is 5.56 Å². The van der Waals surface area contributed by atoms with Gasteiger partial charge in [-0.3, -0.25) is 14.4 Å². The molecule has 1 aliphatic rings. The SMILES string of the molecule is COC(=O)C1SC(c2ccc(C(=O)NC(Cc3ccccc3)C(=O)OCc3ccccc3)cc2)SC1C(=O)OC. The number of hydrogen-bond acceptors (Lipinski definition) is 9. The monoisotopic (exact) mass is 579 g/mol. The van der Waals surface area contributed by atoms with E-state index in [2.05, 4.69) is 5.32 Å². The lowest BCUT2D eigenvalue weighted by molar-refractivity contribution is -0.147. The molecule has 4 rings (SSSR count). The molecule has 10 heteroatoms. The van der Waals surface area contributed by atoms with Gasteiger partial charge in [0, 0.05) is 12.0 Å². The van der Waals surface area contributed by atoms with Crippen LogP contribution in [0, 0.1) is 0 Å². The molecule has 40 heavy (non-hydrogen) atoms. The largest absolute Gasteiger partial charge is 0.468 e. The van der Waals surface area contributed by atoms with Gasteiger partial charge < -0.3 is 19.5 Å². The van der Waals surface area contributed by atoms with Crippen LogP contribution in [-0.4, -0.2) is 54.6 Å². The summed E-state index contributed by atoms with van der Waals surface area (Å²) in [6.07, 6.45) is 0.275. The normalized spacial score (nSPS) is 18.8. The second-order valence-corrected chi connectivity index (χ2v) is 11.7. The fourth-order valence-electron chi connectivity index (χ4n) is 4.09. The van der Waals surface area contributed by atoms with Gasteiger partial charge in [0.1, 0.15) is 23.1 Å². The van der Waals surface area contributed by atoms with E-state index in [-0.39, 0.29) is 17.6 Å². The van der Waals surface area contributed by atoms with Gasteiger partial charge in [-0.05, 0) is 28.8 Å². The smallest absolute Gasteiger partial charge is 0.329 e. The maximum absolute atomic E-state index is 13.2. The number of nitrogens with one attached hydrogen (secondary N) is 1. The standard InChI is InChI=1S/C30H29NO7S2/c1-36-28(34)24-25(29(35)37-2)40-30(39-24)22-15-13-21(14-16-22)26(32)31-23(17-19-9-5-3-6-10-19)27(33)38-18-20-11-7-4-8-12-20/h3-16,23-25,30H,17-18H2,1-2H3,(H,31,32). The summed E-state index contributed by atoms with van der Waals surface area (Å²) in [5, 5.41) is 1.42. The zero-order valence-electron chi connectivity index (χ0n) is 22.0. The van der Waals surface area contributed by atoms with Crippen molar-refractivity contribution in [1.29, 1.82) is 0 Å². The van der Waals surface area contributed by atoms with Crippen molar-refractivity contribution in [3.05, 3.63) is 107 Å². The maximum atomic E-state index is 13.2. The Kier molecular flexibility index (Phi) is 10.3. The molecule has 0 bridgehead atoms. The van der Waals surface area contributed by atoms with Gasteiger partial charge in [0.05, 0.1) is 18.8 Å². The third kappa shape index (κ3) is 7.45. The topological polar surface area (TPSA) is 108 Å². The summed E-state index contributed by atoms with van der Waals surface area (Å²) in [4.78, 5) is 50.6. The van der Waals surface area contributed by atoms with E-state index >= 15 is 0 Å². The second kappa shape index (κ2) is 14.0. The number of hydrogen-bond donors (Lipinski definition) is 1. The van der Waals surface area contributed by atoms with Crippen molar-refractivity contribution in [3.63, 3.8) is 0 Å². The van der Waals surface area contributed by atoms with E-state index in [0.717, 1.165) is 16.7 Å². The Bertz CT molecular complexity index is 1290. The highest BCUT2D eigenvalue weighted by molar-refractivity contribution is 8.21. The molecule has 0 spiro atoms. The average molecular weight is 580 g/mol. The van der Waals surface area contributed by atoms with Crippen LogP contribution in [0.25, 0.3) is 0 Å². The molecular weight excluding hydrogens is 550 g/mol. The first-order valence-electron chi connectivity index (χ1n) is 12.5. The first-order valence-corrected chi connectivity index (χ1v) is 14.4. The van der Waals surface area contributed by atoms with Crippen molar-refractivity contribution in [2.24, 2.45) is 0 Å². The molecule has 1 aliphatic heterocycles. The van der Waals surface area contributed by atoms with E-state index in [1.807, 2.05) is 60.7 Å².